The van der Waals surface area contributed by atoms with Gasteiger partial charge in [-0.3, -0.25) is 9.10 Å². The van der Waals surface area contributed by atoms with Crippen LogP contribution < -0.4 is 9.62 Å². The van der Waals surface area contributed by atoms with Crippen LogP contribution in [-0.2, 0) is 14.8 Å². The van der Waals surface area contributed by atoms with Crippen molar-refractivity contribution in [2.24, 2.45) is 0 Å². The van der Waals surface area contributed by atoms with Crippen LogP contribution in [0.4, 0.5) is 15.8 Å². The van der Waals surface area contributed by atoms with E-state index >= 15 is 0 Å². The molecule has 1 N–H and O–H groups in total. The van der Waals surface area contributed by atoms with Gasteiger partial charge in [-0.15, -0.1) is 0 Å². The Kier molecular flexibility index (Phi) is 6.42. The standard InChI is InChI=1S/C20H15Cl2FN2O3S/c21-14-7-9-19(10-8-14)29(27,28)25(18-6-1-3-15(22)11-18)13-20(26)24-17-5-2-4-16(23)12-17/h1-12H,13H2,(H,24,26). The second-order valence-electron chi connectivity index (χ2n) is 6.00. The molecule has 0 aliphatic heterocycles. The van der Waals surface area contributed by atoms with Gasteiger partial charge in [-0.25, -0.2) is 12.8 Å². The van der Waals surface area contributed by atoms with E-state index in [-0.39, 0.29) is 16.3 Å². The maximum Gasteiger partial charge on any atom is 0.264 e. The topological polar surface area (TPSA) is 66.5 Å². The highest BCUT2D eigenvalue weighted by Gasteiger charge is 2.27. The van der Waals surface area contributed by atoms with Crippen molar-refractivity contribution < 1.29 is 17.6 Å². The van der Waals surface area contributed by atoms with Crippen molar-refractivity contribution in [2.75, 3.05) is 16.2 Å². The summed E-state index contributed by atoms with van der Waals surface area (Å²) in [4.78, 5) is 12.5. The van der Waals surface area contributed by atoms with Crippen molar-refractivity contribution in [3.63, 3.8) is 0 Å². The predicted molar refractivity (Wildman–Crippen MR) is 112 cm³/mol. The van der Waals surface area contributed by atoms with Gasteiger partial charge in [0.05, 0.1) is 10.6 Å². The highest BCUT2D eigenvalue weighted by Crippen LogP contribution is 2.27. The highest BCUT2D eigenvalue weighted by atomic mass is 35.5. The first-order chi connectivity index (χ1) is 13.8. The lowest BCUT2D eigenvalue weighted by Crippen LogP contribution is -2.38. The molecule has 0 aromatic heterocycles. The van der Waals surface area contributed by atoms with Crippen LogP contribution in [0, 0.1) is 5.82 Å². The molecule has 5 nitrogen and oxygen atoms in total. The fraction of sp³-hybridized carbons (Fsp3) is 0.0500. The number of amides is 1. The average Bonchev–Trinajstić information content (AvgIpc) is 2.66. The summed E-state index contributed by atoms with van der Waals surface area (Å²) in [5, 5.41) is 3.18. The summed E-state index contributed by atoms with van der Waals surface area (Å²) in [5.74, 6) is -1.17. The Labute approximate surface area is 177 Å². The third-order valence-electron chi connectivity index (χ3n) is 3.89. The largest absolute Gasteiger partial charge is 0.324 e. The van der Waals surface area contributed by atoms with Gasteiger partial charge in [0.1, 0.15) is 12.4 Å². The summed E-state index contributed by atoms with van der Waals surface area (Å²) >= 11 is 11.9. The molecule has 0 aliphatic rings. The molecule has 1 amide bonds. The molecule has 0 bridgehead atoms. The molecule has 0 aliphatic carbocycles. The normalized spacial score (nSPS) is 11.1. The zero-order valence-electron chi connectivity index (χ0n) is 14.8. The third-order valence-corrected chi connectivity index (χ3v) is 6.17. The van der Waals surface area contributed by atoms with Gasteiger partial charge in [0.15, 0.2) is 0 Å². The lowest BCUT2D eigenvalue weighted by Gasteiger charge is -2.24. The lowest BCUT2D eigenvalue weighted by atomic mass is 10.3. The minimum absolute atomic E-state index is 0.0413. The molecule has 0 heterocycles. The van der Waals surface area contributed by atoms with Gasteiger partial charge >= 0.3 is 0 Å². The van der Waals surface area contributed by atoms with Crippen LogP contribution in [0.25, 0.3) is 0 Å². The van der Waals surface area contributed by atoms with Crippen LogP contribution in [0.5, 0.6) is 0 Å². The van der Waals surface area contributed by atoms with Crippen molar-refractivity contribution in [2.45, 2.75) is 4.90 Å². The van der Waals surface area contributed by atoms with Gasteiger partial charge in [0, 0.05) is 15.7 Å². The van der Waals surface area contributed by atoms with Crippen molar-refractivity contribution >= 4 is 50.5 Å². The number of carbonyl (C=O) groups excluding carboxylic acids is 1. The second-order valence-corrected chi connectivity index (χ2v) is 8.74. The molecule has 0 saturated carbocycles. The number of halogens is 3. The minimum atomic E-state index is -4.10. The number of nitrogens with one attached hydrogen (secondary N) is 1. The van der Waals surface area contributed by atoms with Crippen molar-refractivity contribution in [3.8, 4) is 0 Å². The number of carbonyl (C=O) groups is 1. The highest BCUT2D eigenvalue weighted by molar-refractivity contribution is 7.92. The maximum absolute atomic E-state index is 13.3. The van der Waals surface area contributed by atoms with Crippen molar-refractivity contribution in [3.05, 3.63) is 88.7 Å². The van der Waals surface area contributed by atoms with Crippen LogP contribution >= 0.6 is 23.2 Å². The Morgan fingerprint density at radius 3 is 2.28 bits per heavy atom. The van der Waals surface area contributed by atoms with E-state index in [1.807, 2.05) is 0 Å². The van der Waals surface area contributed by atoms with E-state index in [4.69, 9.17) is 23.2 Å². The summed E-state index contributed by atoms with van der Waals surface area (Å²) in [7, 11) is -4.10. The van der Waals surface area contributed by atoms with E-state index in [0.29, 0.717) is 10.0 Å². The number of sulfonamides is 1. The van der Waals surface area contributed by atoms with Gasteiger partial charge in [0.25, 0.3) is 10.0 Å². The first-order valence-electron chi connectivity index (χ1n) is 8.35. The number of hydrogen-bond acceptors (Lipinski definition) is 3. The first kappa shape index (κ1) is 21.1. The molecule has 3 aromatic carbocycles. The number of nitrogens with zero attached hydrogens (tertiary/aromatic N) is 1. The summed E-state index contributed by atoms with van der Waals surface area (Å²) in [6, 6.07) is 17.0. The molecule has 0 atom stereocenters. The van der Waals surface area contributed by atoms with Crippen LogP contribution in [0.1, 0.15) is 0 Å². The molecule has 150 valence electrons. The van der Waals surface area contributed by atoms with Gasteiger partial charge in [-0.1, -0.05) is 35.3 Å². The molecule has 29 heavy (non-hydrogen) atoms. The molecule has 0 saturated heterocycles. The molecule has 0 radical (unpaired) electrons. The van der Waals surface area contributed by atoms with E-state index in [1.54, 1.807) is 12.1 Å². The minimum Gasteiger partial charge on any atom is -0.324 e. The summed E-state index contributed by atoms with van der Waals surface area (Å²) in [5.41, 5.74) is 0.423. The lowest BCUT2D eigenvalue weighted by molar-refractivity contribution is -0.114. The average molecular weight is 453 g/mol. The number of rotatable bonds is 6. The molecule has 3 aromatic rings. The fourth-order valence-electron chi connectivity index (χ4n) is 2.58. The van der Waals surface area contributed by atoms with Gasteiger partial charge in [-0.05, 0) is 60.7 Å². The monoisotopic (exact) mass is 452 g/mol. The fourth-order valence-corrected chi connectivity index (χ4v) is 4.30. The van der Waals surface area contributed by atoms with Crippen molar-refractivity contribution in [1.29, 1.82) is 0 Å². The summed E-state index contributed by atoms with van der Waals surface area (Å²) in [6.07, 6.45) is 0. The second kappa shape index (κ2) is 8.82. The third kappa shape index (κ3) is 5.26. The van der Waals surface area contributed by atoms with E-state index in [0.717, 1.165) is 10.4 Å². The SMILES string of the molecule is O=C(CN(c1cccc(Cl)c1)S(=O)(=O)c1ccc(Cl)cc1)Nc1cccc(F)c1. The zero-order valence-corrected chi connectivity index (χ0v) is 17.2. The van der Waals surface area contributed by atoms with Crippen LogP contribution in [0.15, 0.2) is 77.7 Å². The van der Waals surface area contributed by atoms with E-state index in [1.165, 1.54) is 54.6 Å². The smallest absolute Gasteiger partial charge is 0.264 e. The molecule has 0 fully saturated rings. The predicted octanol–water partition coefficient (Wildman–Crippen LogP) is 4.97. The van der Waals surface area contributed by atoms with E-state index in [9.17, 15) is 17.6 Å². The maximum atomic E-state index is 13.3. The summed E-state index contributed by atoms with van der Waals surface area (Å²) in [6.45, 7) is -0.540. The molecular weight excluding hydrogens is 438 g/mol. The molecule has 0 unspecified atom stereocenters. The Bertz CT molecular complexity index is 1140. The summed E-state index contributed by atoms with van der Waals surface area (Å²) < 4.78 is 40.7. The van der Waals surface area contributed by atoms with E-state index < -0.39 is 28.3 Å². The number of hydrogen-bond donors (Lipinski definition) is 1. The molecule has 3 rings (SSSR count). The number of anilines is 2. The zero-order chi connectivity index (χ0) is 21.0. The molecule has 9 heteroatoms. The van der Waals surface area contributed by atoms with Crippen LogP contribution in [0.3, 0.4) is 0 Å². The van der Waals surface area contributed by atoms with Gasteiger partial charge in [-0.2, -0.15) is 0 Å². The Morgan fingerprint density at radius 2 is 1.62 bits per heavy atom. The van der Waals surface area contributed by atoms with Crippen LogP contribution in [-0.4, -0.2) is 20.9 Å². The quantitative estimate of drug-likeness (QED) is 0.574. The molecule has 0 spiro atoms. The molecular formula is C20H15Cl2FN2O3S. The Hall–Kier alpha value is -2.61. The van der Waals surface area contributed by atoms with Crippen LogP contribution in [0.2, 0.25) is 10.0 Å². The Morgan fingerprint density at radius 1 is 0.931 bits per heavy atom. The van der Waals surface area contributed by atoms with E-state index in [2.05, 4.69) is 5.32 Å². The van der Waals surface area contributed by atoms with Gasteiger partial charge < -0.3 is 5.32 Å². The first-order valence-corrected chi connectivity index (χ1v) is 10.5. The number of benzene rings is 3. The van der Waals surface area contributed by atoms with Crippen molar-refractivity contribution in [1.82, 2.24) is 0 Å². The Balaban J connectivity index is 1.95. The van der Waals surface area contributed by atoms with Gasteiger partial charge in [0.2, 0.25) is 5.91 Å².